The summed E-state index contributed by atoms with van der Waals surface area (Å²) in [5, 5.41) is 5.33. The van der Waals surface area contributed by atoms with Gasteiger partial charge in [-0.15, -0.1) is 12.3 Å². The highest BCUT2D eigenvalue weighted by Crippen LogP contribution is 2.05. The van der Waals surface area contributed by atoms with E-state index in [9.17, 15) is 9.59 Å². The van der Waals surface area contributed by atoms with Crippen molar-refractivity contribution in [3.63, 3.8) is 0 Å². The van der Waals surface area contributed by atoms with E-state index in [1.54, 1.807) is 0 Å². The van der Waals surface area contributed by atoms with Crippen LogP contribution >= 0.6 is 0 Å². The molecule has 0 radical (unpaired) electrons. The number of rotatable bonds is 4. The van der Waals surface area contributed by atoms with Crippen molar-refractivity contribution in [3.8, 4) is 12.3 Å². The van der Waals surface area contributed by atoms with Gasteiger partial charge in [0.1, 0.15) is 6.04 Å². The zero-order valence-electron chi connectivity index (χ0n) is 8.01. The minimum Gasteiger partial charge on any atom is -0.354 e. The Morgan fingerprint density at radius 2 is 2.50 bits per heavy atom. The van der Waals surface area contributed by atoms with Crippen molar-refractivity contribution in [1.82, 2.24) is 10.6 Å². The number of carbonyl (C=O) groups is 2. The van der Waals surface area contributed by atoms with Gasteiger partial charge in [-0.05, 0) is 12.8 Å². The van der Waals surface area contributed by atoms with Gasteiger partial charge < -0.3 is 10.6 Å². The molecule has 0 spiro atoms. The standard InChI is InChI=1S/C10H14N2O2/c1-2-3-4-7-11-10(14)8-5-6-9(13)12-8/h1,8H,3-7H2,(H,11,14)(H,12,13)/t8-/m0/s1. The lowest BCUT2D eigenvalue weighted by atomic mass is 10.2. The van der Waals surface area contributed by atoms with Crippen molar-refractivity contribution >= 4 is 11.8 Å². The maximum absolute atomic E-state index is 11.4. The van der Waals surface area contributed by atoms with Crippen LogP contribution < -0.4 is 10.6 Å². The molecule has 0 aromatic heterocycles. The Hall–Kier alpha value is -1.50. The van der Waals surface area contributed by atoms with Gasteiger partial charge in [-0.3, -0.25) is 9.59 Å². The van der Waals surface area contributed by atoms with Crippen molar-refractivity contribution in [2.45, 2.75) is 31.7 Å². The number of amides is 2. The molecule has 1 aliphatic rings. The van der Waals surface area contributed by atoms with Gasteiger partial charge in [-0.25, -0.2) is 0 Å². The van der Waals surface area contributed by atoms with Crippen LogP contribution in [0.15, 0.2) is 0 Å². The Balaban J connectivity index is 2.16. The Labute approximate surface area is 83.4 Å². The van der Waals surface area contributed by atoms with Crippen LogP contribution in [0.1, 0.15) is 25.7 Å². The number of hydrogen-bond donors (Lipinski definition) is 2. The molecule has 0 saturated carbocycles. The third-order valence-electron chi connectivity index (χ3n) is 2.11. The van der Waals surface area contributed by atoms with E-state index in [0.717, 1.165) is 6.42 Å². The molecule has 1 aliphatic heterocycles. The molecule has 2 amide bonds. The number of carbonyl (C=O) groups excluding carboxylic acids is 2. The predicted octanol–water partition coefficient (Wildman–Crippen LogP) is -0.205. The first-order valence-electron chi connectivity index (χ1n) is 4.74. The van der Waals surface area contributed by atoms with Crippen LogP contribution in [0.25, 0.3) is 0 Å². The minimum atomic E-state index is -0.340. The Kier molecular flexibility index (Phi) is 3.99. The van der Waals surface area contributed by atoms with Gasteiger partial charge in [0.15, 0.2) is 0 Å². The van der Waals surface area contributed by atoms with Crippen molar-refractivity contribution < 1.29 is 9.59 Å². The van der Waals surface area contributed by atoms with Crippen LogP contribution in [-0.4, -0.2) is 24.4 Å². The lowest BCUT2D eigenvalue weighted by molar-refractivity contribution is -0.125. The molecule has 2 N–H and O–H groups in total. The Morgan fingerprint density at radius 3 is 3.07 bits per heavy atom. The molecule has 4 nitrogen and oxygen atoms in total. The largest absolute Gasteiger partial charge is 0.354 e. The summed E-state index contributed by atoms with van der Waals surface area (Å²) in [7, 11) is 0. The molecule has 0 unspecified atom stereocenters. The van der Waals surface area contributed by atoms with Gasteiger partial charge in [0, 0.05) is 19.4 Å². The number of hydrogen-bond acceptors (Lipinski definition) is 2. The molecule has 0 aromatic carbocycles. The second-order valence-electron chi connectivity index (χ2n) is 3.26. The van der Waals surface area contributed by atoms with Gasteiger partial charge in [0.25, 0.3) is 0 Å². The number of unbranched alkanes of at least 4 members (excludes halogenated alkanes) is 1. The van der Waals surface area contributed by atoms with Gasteiger partial charge in [-0.1, -0.05) is 0 Å². The average Bonchev–Trinajstić information content (AvgIpc) is 2.59. The second-order valence-corrected chi connectivity index (χ2v) is 3.26. The molecule has 0 aromatic rings. The van der Waals surface area contributed by atoms with Gasteiger partial charge in [0.2, 0.25) is 11.8 Å². The summed E-state index contributed by atoms with van der Waals surface area (Å²) < 4.78 is 0. The molecule has 4 heteroatoms. The summed E-state index contributed by atoms with van der Waals surface area (Å²) >= 11 is 0. The third-order valence-corrected chi connectivity index (χ3v) is 2.11. The lowest BCUT2D eigenvalue weighted by Crippen LogP contribution is -2.41. The van der Waals surface area contributed by atoms with Crippen LogP contribution in [0.2, 0.25) is 0 Å². The first-order chi connectivity index (χ1) is 6.74. The van der Waals surface area contributed by atoms with Gasteiger partial charge >= 0.3 is 0 Å². The van der Waals surface area contributed by atoms with E-state index >= 15 is 0 Å². The fraction of sp³-hybridized carbons (Fsp3) is 0.600. The molecule has 14 heavy (non-hydrogen) atoms. The quantitative estimate of drug-likeness (QED) is 0.481. The average molecular weight is 194 g/mol. The molecule has 1 fully saturated rings. The van der Waals surface area contributed by atoms with Crippen LogP contribution in [-0.2, 0) is 9.59 Å². The molecule has 0 bridgehead atoms. The summed E-state index contributed by atoms with van der Waals surface area (Å²) in [6.07, 6.45) is 7.55. The smallest absolute Gasteiger partial charge is 0.242 e. The first-order valence-corrected chi connectivity index (χ1v) is 4.74. The fourth-order valence-corrected chi connectivity index (χ4v) is 1.34. The highest BCUT2D eigenvalue weighted by atomic mass is 16.2. The number of terminal acetylenes is 1. The Bertz CT molecular complexity index is 268. The van der Waals surface area contributed by atoms with E-state index in [4.69, 9.17) is 6.42 Å². The summed E-state index contributed by atoms with van der Waals surface area (Å²) in [5.41, 5.74) is 0. The summed E-state index contributed by atoms with van der Waals surface area (Å²) in [4.78, 5) is 22.2. The highest BCUT2D eigenvalue weighted by Gasteiger charge is 2.26. The molecule has 76 valence electrons. The fourth-order valence-electron chi connectivity index (χ4n) is 1.34. The molecule has 1 saturated heterocycles. The number of nitrogens with one attached hydrogen (secondary N) is 2. The SMILES string of the molecule is C#CCCCNC(=O)[C@@H]1CCC(=O)N1. The van der Waals surface area contributed by atoms with E-state index in [1.807, 2.05) is 0 Å². The second kappa shape index (κ2) is 5.28. The molecule has 1 heterocycles. The van der Waals surface area contributed by atoms with Crippen molar-refractivity contribution in [1.29, 1.82) is 0 Å². The van der Waals surface area contributed by atoms with E-state index in [-0.39, 0.29) is 17.9 Å². The zero-order chi connectivity index (χ0) is 10.4. The topological polar surface area (TPSA) is 58.2 Å². The third kappa shape index (κ3) is 3.09. The summed E-state index contributed by atoms with van der Waals surface area (Å²) in [6.45, 7) is 0.579. The normalized spacial score (nSPS) is 19.9. The molecular formula is C10H14N2O2. The van der Waals surface area contributed by atoms with Crippen molar-refractivity contribution in [2.75, 3.05) is 6.54 Å². The van der Waals surface area contributed by atoms with Crippen molar-refractivity contribution in [3.05, 3.63) is 0 Å². The first kappa shape index (κ1) is 10.6. The minimum absolute atomic E-state index is 0.0474. The highest BCUT2D eigenvalue weighted by molar-refractivity contribution is 5.90. The van der Waals surface area contributed by atoms with Gasteiger partial charge in [-0.2, -0.15) is 0 Å². The van der Waals surface area contributed by atoms with Crippen LogP contribution in [0, 0.1) is 12.3 Å². The molecule has 1 rings (SSSR count). The van der Waals surface area contributed by atoms with E-state index in [2.05, 4.69) is 16.6 Å². The summed E-state index contributed by atoms with van der Waals surface area (Å²) in [6, 6.07) is -0.340. The van der Waals surface area contributed by atoms with Crippen LogP contribution in [0.5, 0.6) is 0 Å². The maximum atomic E-state index is 11.4. The molecule has 0 aliphatic carbocycles. The van der Waals surface area contributed by atoms with Crippen LogP contribution in [0.3, 0.4) is 0 Å². The monoisotopic (exact) mass is 194 g/mol. The summed E-state index contributed by atoms with van der Waals surface area (Å²) in [5.74, 6) is 2.35. The van der Waals surface area contributed by atoms with E-state index < -0.39 is 0 Å². The van der Waals surface area contributed by atoms with Gasteiger partial charge in [0.05, 0.1) is 0 Å². The predicted molar refractivity (Wildman–Crippen MR) is 52.2 cm³/mol. The van der Waals surface area contributed by atoms with Crippen molar-refractivity contribution in [2.24, 2.45) is 0 Å². The Morgan fingerprint density at radius 1 is 1.71 bits per heavy atom. The lowest BCUT2D eigenvalue weighted by Gasteiger charge is -2.09. The zero-order valence-corrected chi connectivity index (χ0v) is 8.01. The van der Waals surface area contributed by atoms with E-state index in [1.165, 1.54) is 0 Å². The molecule has 1 atom stereocenters. The van der Waals surface area contributed by atoms with Crippen LogP contribution in [0.4, 0.5) is 0 Å². The molecular weight excluding hydrogens is 180 g/mol. The maximum Gasteiger partial charge on any atom is 0.242 e. The van der Waals surface area contributed by atoms with E-state index in [0.29, 0.717) is 25.8 Å².